The fourth-order valence-corrected chi connectivity index (χ4v) is 2.75. The molecule has 2 aromatic rings. The molecule has 1 N–H and O–H groups in total. The average molecular weight is 449 g/mol. The van der Waals surface area contributed by atoms with E-state index in [0.717, 1.165) is 15.2 Å². The maximum absolute atomic E-state index is 12.5. The lowest BCUT2D eigenvalue weighted by Crippen LogP contribution is -2.38. The van der Waals surface area contributed by atoms with Crippen LogP contribution in [0.5, 0.6) is 17.2 Å². The predicted octanol–water partition coefficient (Wildman–Crippen LogP) is 1.08. The second kappa shape index (κ2) is 11.0. The van der Waals surface area contributed by atoms with Crippen LogP contribution in [0.2, 0.25) is 0 Å². The van der Waals surface area contributed by atoms with E-state index < -0.39 is 29.7 Å². The van der Waals surface area contributed by atoms with Gasteiger partial charge in [-0.25, -0.2) is 9.59 Å². The molecule has 32 heavy (non-hydrogen) atoms. The summed E-state index contributed by atoms with van der Waals surface area (Å²) in [4.78, 5) is 48.5. The maximum atomic E-state index is 12.5. The van der Waals surface area contributed by atoms with Crippen molar-refractivity contribution in [2.24, 2.45) is 14.1 Å². The molecule has 0 bridgehead atoms. The molecule has 1 amide bonds. The number of esters is 1. The van der Waals surface area contributed by atoms with E-state index in [1.165, 1.54) is 26.2 Å². The van der Waals surface area contributed by atoms with Crippen LogP contribution in [0.1, 0.15) is 31.1 Å². The molecule has 0 radical (unpaired) electrons. The van der Waals surface area contributed by atoms with Gasteiger partial charge in [0.05, 0.1) is 25.4 Å². The van der Waals surface area contributed by atoms with Gasteiger partial charge in [-0.2, -0.15) is 0 Å². The molecule has 0 unspecified atom stereocenters. The summed E-state index contributed by atoms with van der Waals surface area (Å²) in [6, 6.07) is 3.99. The summed E-state index contributed by atoms with van der Waals surface area (Å²) in [5.74, 6) is -0.529. The van der Waals surface area contributed by atoms with Gasteiger partial charge in [0.15, 0.2) is 18.1 Å². The molecule has 1 aromatic carbocycles. The third-order valence-electron chi connectivity index (χ3n) is 4.27. The van der Waals surface area contributed by atoms with E-state index in [1.54, 1.807) is 13.8 Å². The lowest BCUT2D eigenvalue weighted by atomic mass is 10.2. The highest BCUT2D eigenvalue weighted by Gasteiger charge is 2.20. The largest absolute Gasteiger partial charge is 0.490 e. The number of anilines is 1. The highest BCUT2D eigenvalue weighted by molar-refractivity contribution is 5.95. The van der Waals surface area contributed by atoms with E-state index in [-0.39, 0.29) is 11.4 Å². The molecule has 0 aliphatic carbocycles. The Morgan fingerprint density at radius 2 is 1.44 bits per heavy atom. The topological polar surface area (TPSA) is 127 Å². The zero-order chi connectivity index (χ0) is 23.8. The molecule has 11 nitrogen and oxygen atoms in total. The van der Waals surface area contributed by atoms with E-state index in [2.05, 4.69) is 5.32 Å². The molecule has 0 spiro atoms. The van der Waals surface area contributed by atoms with E-state index in [4.69, 9.17) is 18.9 Å². The maximum Gasteiger partial charge on any atom is 0.338 e. The van der Waals surface area contributed by atoms with Gasteiger partial charge in [0, 0.05) is 20.2 Å². The van der Waals surface area contributed by atoms with Gasteiger partial charge in [0.2, 0.25) is 5.75 Å². The van der Waals surface area contributed by atoms with Crippen molar-refractivity contribution in [3.63, 3.8) is 0 Å². The molecule has 11 heteroatoms. The van der Waals surface area contributed by atoms with Crippen molar-refractivity contribution in [1.82, 2.24) is 9.13 Å². The van der Waals surface area contributed by atoms with Crippen molar-refractivity contribution in [2.45, 2.75) is 20.8 Å². The monoisotopic (exact) mass is 449 g/mol. The minimum Gasteiger partial charge on any atom is -0.490 e. The molecule has 0 aliphatic rings. The first-order valence-electron chi connectivity index (χ1n) is 10.0. The molecule has 0 saturated heterocycles. The molecule has 1 aromatic heterocycles. The molecular weight excluding hydrogens is 422 g/mol. The first kappa shape index (κ1) is 24.5. The Kier molecular flexibility index (Phi) is 8.45. The van der Waals surface area contributed by atoms with Crippen LogP contribution in [0.3, 0.4) is 0 Å². The van der Waals surface area contributed by atoms with Gasteiger partial charge in [-0.15, -0.1) is 0 Å². The second-order valence-corrected chi connectivity index (χ2v) is 6.49. The summed E-state index contributed by atoms with van der Waals surface area (Å²) in [6.45, 7) is 5.79. The first-order valence-corrected chi connectivity index (χ1v) is 10.0. The van der Waals surface area contributed by atoms with Crippen LogP contribution in [0.15, 0.2) is 27.8 Å². The molecule has 1 heterocycles. The molecule has 2 rings (SSSR count). The van der Waals surface area contributed by atoms with E-state index in [0.29, 0.717) is 37.1 Å². The van der Waals surface area contributed by atoms with E-state index in [1.807, 2.05) is 6.92 Å². The zero-order valence-electron chi connectivity index (χ0n) is 18.7. The molecule has 0 saturated carbocycles. The second-order valence-electron chi connectivity index (χ2n) is 6.49. The fourth-order valence-electron chi connectivity index (χ4n) is 2.75. The minimum absolute atomic E-state index is 0.0162. The fraction of sp³-hybridized carbons (Fsp3) is 0.429. The van der Waals surface area contributed by atoms with Crippen molar-refractivity contribution < 1.29 is 28.5 Å². The summed E-state index contributed by atoms with van der Waals surface area (Å²) in [5.41, 5.74) is -1.08. The molecule has 0 aliphatic heterocycles. The first-order chi connectivity index (χ1) is 15.2. The van der Waals surface area contributed by atoms with Gasteiger partial charge >= 0.3 is 11.7 Å². The summed E-state index contributed by atoms with van der Waals surface area (Å²) >= 11 is 0. The third kappa shape index (κ3) is 5.68. The standard InChI is InChI=1S/C21H27N3O8/c1-6-29-14-9-13(10-15(30-7-2)19(14)31-8-3)20(27)32-12-17(25)22-16-11-18(26)24(5)21(28)23(16)4/h9-11H,6-8,12H2,1-5H3,(H,22,25). The van der Waals surface area contributed by atoms with Crippen LogP contribution in [-0.2, 0) is 23.6 Å². The normalized spacial score (nSPS) is 10.4. The predicted molar refractivity (Wildman–Crippen MR) is 116 cm³/mol. The molecule has 0 fully saturated rings. The number of amides is 1. The summed E-state index contributed by atoms with van der Waals surface area (Å²) in [5, 5.41) is 2.38. The quantitative estimate of drug-likeness (QED) is 0.534. The van der Waals surface area contributed by atoms with Crippen molar-refractivity contribution in [2.75, 3.05) is 31.7 Å². The number of carbonyl (C=O) groups excluding carboxylic acids is 2. The van der Waals surface area contributed by atoms with Gasteiger partial charge in [-0.1, -0.05) is 0 Å². The number of nitrogens with one attached hydrogen (secondary N) is 1. The van der Waals surface area contributed by atoms with E-state index >= 15 is 0 Å². The molecular formula is C21H27N3O8. The Hall–Kier alpha value is -3.76. The number of ether oxygens (including phenoxy) is 4. The highest BCUT2D eigenvalue weighted by atomic mass is 16.5. The van der Waals surface area contributed by atoms with Crippen molar-refractivity contribution in [3.8, 4) is 17.2 Å². The number of aromatic nitrogens is 2. The Morgan fingerprint density at radius 1 is 0.875 bits per heavy atom. The highest BCUT2D eigenvalue weighted by Crippen LogP contribution is 2.39. The molecule has 0 atom stereocenters. The Bertz CT molecular complexity index is 1080. The number of hydrogen-bond acceptors (Lipinski definition) is 8. The van der Waals surface area contributed by atoms with Gasteiger partial charge in [0.25, 0.3) is 11.5 Å². The zero-order valence-corrected chi connectivity index (χ0v) is 18.7. The lowest BCUT2D eigenvalue weighted by molar-refractivity contribution is -0.119. The number of carbonyl (C=O) groups is 2. The van der Waals surface area contributed by atoms with Gasteiger partial charge < -0.3 is 24.3 Å². The number of benzene rings is 1. The van der Waals surface area contributed by atoms with E-state index in [9.17, 15) is 19.2 Å². The van der Waals surface area contributed by atoms with Gasteiger partial charge in [-0.3, -0.25) is 18.7 Å². The van der Waals surface area contributed by atoms with Crippen LogP contribution in [-0.4, -0.2) is 47.4 Å². The van der Waals surface area contributed by atoms with Crippen LogP contribution in [0, 0.1) is 0 Å². The van der Waals surface area contributed by atoms with Crippen molar-refractivity contribution in [1.29, 1.82) is 0 Å². The smallest absolute Gasteiger partial charge is 0.338 e. The molecule has 174 valence electrons. The number of nitrogens with zero attached hydrogens (tertiary/aromatic N) is 2. The SMILES string of the molecule is CCOc1cc(C(=O)OCC(=O)Nc2cc(=O)n(C)c(=O)n2C)cc(OCC)c1OCC. The summed E-state index contributed by atoms with van der Waals surface area (Å²) in [7, 11) is 2.72. The summed E-state index contributed by atoms with van der Waals surface area (Å²) < 4.78 is 23.8. The van der Waals surface area contributed by atoms with Crippen LogP contribution >= 0.6 is 0 Å². The van der Waals surface area contributed by atoms with Crippen LogP contribution in [0.25, 0.3) is 0 Å². The average Bonchev–Trinajstić information content (AvgIpc) is 2.76. The summed E-state index contributed by atoms with van der Waals surface area (Å²) in [6.07, 6.45) is 0. The van der Waals surface area contributed by atoms with Gasteiger partial charge in [-0.05, 0) is 32.9 Å². The third-order valence-corrected chi connectivity index (χ3v) is 4.27. The van der Waals surface area contributed by atoms with Crippen molar-refractivity contribution >= 4 is 17.7 Å². The van der Waals surface area contributed by atoms with Gasteiger partial charge in [0.1, 0.15) is 5.82 Å². The number of rotatable bonds is 10. The minimum atomic E-state index is -0.789. The number of hydrogen-bond donors (Lipinski definition) is 1. The van der Waals surface area contributed by atoms with Crippen molar-refractivity contribution in [3.05, 3.63) is 44.6 Å². The Morgan fingerprint density at radius 3 is 1.97 bits per heavy atom. The lowest BCUT2D eigenvalue weighted by Gasteiger charge is -2.17. The van der Waals surface area contributed by atoms with Crippen LogP contribution in [0.4, 0.5) is 5.82 Å². The Labute approximate surface area is 184 Å². The Balaban J connectivity index is 2.18. The van der Waals surface area contributed by atoms with Crippen LogP contribution < -0.4 is 30.8 Å².